The van der Waals surface area contributed by atoms with E-state index in [0.29, 0.717) is 24.4 Å². The lowest BCUT2D eigenvalue weighted by molar-refractivity contribution is -0.139. The standard InChI is InChI=1S/C20H26BrN3O3/c1-2-27-19(25)17-16(13-24-10-5-3-4-6-11-24)22-20(26)23-18(17)14-8-7-9-15(21)12-14/h7-9,12,18H,2-6,10-11,13H2,1H3,(H2,22,23,26)/t18-/m0/s1. The summed E-state index contributed by atoms with van der Waals surface area (Å²) < 4.78 is 6.22. The van der Waals surface area contributed by atoms with Crippen LogP contribution in [0.1, 0.15) is 44.2 Å². The molecule has 2 heterocycles. The third-order valence-electron chi connectivity index (χ3n) is 4.91. The maximum atomic E-state index is 12.8. The van der Waals surface area contributed by atoms with Gasteiger partial charge in [0.05, 0.1) is 18.2 Å². The average molecular weight is 436 g/mol. The number of likely N-dealkylation sites (tertiary alicyclic amines) is 1. The van der Waals surface area contributed by atoms with Gasteiger partial charge in [-0.3, -0.25) is 4.90 Å². The van der Waals surface area contributed by atoms with Crippen molar-refractivity contribution < 1.29 is 14.3 Å². The minimum atomic E-state index is -0.530. The lowest BCUT2D eigenvalue weighted by Gasteiger charge is -2.32. The normalized spacial score (nSPS) is 21.3. The van der Waals surface area contributed by atoms with Gasteiger partial charge in [-0.2, -0.15) is 0 Å². The Balaban J connectivity index is 1.97. The van der Waals surface area contributed by atoms with E-state index in [1.54, 1.807) is 6.92 Å². The molecule has 6 nitrogen and oxygen atoms in total. The van der Waals surface area contributed by atoms with Gasteiger partial charge in [0.1, 0.15) is 0 Å². The zero-order chi connectivity index (χ0) is 19.2. The molecule has 1 aromatic rings. The van der Waals surface area contributed by atoms with Crippen LogP contribution in [0.25, 0.3) is 0 Å². The maximum absolute atomic E-state index is 12.8. The Morgan fingerprint density at radius 3 is 2.67 bits per heavy atom. The predicted molar refractivity (Wildman–Crippen MR) is 107 cm³/mol. The van der Waals surface area contributed by atoms with E-state index in [1.807, 2.05) is 24.3 Å². The Morgan fingerprint density at radius 1 is 1.26 bits per heavy atom. The molecule has 2 aliphatic heterocycles. The fourth-order valence-corrected chi connectivity index (χ4v) is 4.06. The van der Waals surface area contributed by atoms with E-state index < -0.39 is 6.04 Å². The Labute approximate surface area is 168 Å². The molecule has 0 aliphatic carbocycles. The van der Waals surface area contributed by atoms with Gasteiger partial charge in [0.15, 0.2) is 0 Å². The molecular formula is C20H26BrN3O3. The summed E-state index contributed by atoms with van der Waals surface area (Å²) in [6, 6.07) is 6.81. The first-order valence-corrected chi connectivity index (χ1v) is 10.3. The van der Waals surface area contributed by atoms with Gasteiger partial charge in [-0.25, -0.2) is 9.59 Å². The van der Waals surface area contributed by atoms with E-state index in [4.69, 9.17) is 4.74 Å². The maximum Gasteiger partial charge on any atom is 0.338 e. The highest BCUT2D eigenvalue weighted by atomic mass is 79.9. The smallest absolute Gasteiger partial charge is 0.338 e. The summed E-state index contributed by atoms with van der Waals surface area (Å²) in [5.41, 5.74) is 1.97. The van der Waals surface area contributed by atoms with Gasteiger partial charge >= 0.3 is 12.0 Å². The van der Waals surface area contributed by atoms with Gasteiger partial charge in [-0.1, -0.05) is 40.9 Å². The summed E-state index contributed by atoms with van der Waals surface area (Å²) >= 11 is 3.47. The number of hydrogen-bond acceptors (Lipinski definition) is 4. The molecule has 2 N–H and O–H groups in total. The van der Waals surface area contributed by atoms with Crippen LogP contribution < -0.4 is 10.6 Å². The molecule has 1 aromatic carbocycles. The van der Waals surface area contributed by atoms with Gasteiger partial charge in [0.25, 0.3) is 0 Å². The van der Waals surface area contributed by atoms with Gasteiger partial charge < -0.3 is 15.4 Å². The number of amides is 2. The third kappa shape index (κ3) is 5.11. The number of nitrogens with one attached hydrogen (secondary N) is 2. The van der Waals surface area contributed by atoms with Crippen molar-refractivity contribution in [2.45, 2.75) is 38.6 Å². The minimum absolute atomic E-state index is 0.290. The van der Waals surface area contributed by atoms with Crippen LogP contribution in [0, 0.1) is 0 Å². The first kappa shape index (κ1) is 19.9. The highest BCUT2D eigenvalue weighted by molar-refractivity contribution is 9.10. The first-order chi connectivity index (χ1) is 13.1. The molecule has 0 aromatic heterocycles. The van der Waals surface area contributed by atoms with E-state index in [2.05, 4.69) is 31.5 Å². The molecule has 2 amide bonds. The number of ether oxygens (including phenoxy) is 1. The number of hydrogen-bond donors (Lipinski definition) is 2. The van der Waals surface area contributed by atoms with Crippen molar-refractivity contribution in [2.75, 3.05) is 26.2 Å². The number of benzene rings is 1. The zero-order valence-corrected chi connectivity index (χ0v) is 17.2. The first-order valence-electron chi connectivity index (χ1n) is 9.54. The molecule has 0 radical (unpaired) electrons. The van der Waals surface area contributed by atoms with Crippen LogP contribution in [-0.4, -0.2) is 43.1 Å². The van der Waals surface area contributed by atoms with Crippen molar-refractivity contribution in [3.63, 3.8) is 0 Å². The van der Waals surface area contributed by atoms with Crippen molar-refractivity contribution in [2.24, 2.45) is 0 Å². The lowest BCUT2D eigenvalue weighted by Crippen LogP contribution is -2.48. The van der Waals surface area contributed by atoms with Crippen molar-refractivity contribution >= 4 is 27.9 Å². The van der Waals surface area contributed by atoms with E-state index in [0.717, 1.165) is 36.0 Å². The van der Waals surface area contributed by atoms with Gasteiger partial charge in [0.2, 0.25) is 0 Å². The van der Waals surface area contributed by atoms with E-state index in [1.165, 1.54) is 12.8 Å². The number of urea groups is 1. The Morgan fingerprint density at radius 2 is 2.00 bits per heavy atom. The lowest BCUT2D eigenvalue weighted by atomic mass is 9.95. The molecule has 1 saturated heterocycles. The van der Waals surface area contributed by atoms with E-state index in [9.17, 15) is 9.59 Å². The van der Waals surface area contributed by atoms with Gasteiger partial charge in [0, 0.05) is 16.7 Å². The van der Waals surface area contributed by atoms with Crippen LogP contribution in [0.3, 0.4) is 0 Å². The van der Waals surface area contributed by atoms with Crippen LogP contribution in [0.4, 0.5) is 4.79 Å². The summed E-state index contributed by atoms with van der Waals surface area (Å²) in [5, 5.41) is 5.74. The van der Waals surface area contributed by atoms with Crippen LogP contribution >= 0.6 is 15.9 Å². The Kier molecular flexibility index (Phi) is 6.90. The molecular weight excluding hydrogens is 410 g/mol. The molecule has 1 fully saturated rings. The number of carbonyl (C=O) groups is 2. The predicted octanol–water partition coefficient (Wildman–Crippen LogP) is 3.50. The van der Waals surface area contributed by atoms with E-state index in [-0.39, 0.29) is 12.0 Å². The number of esters is 1. The highest BCUT2D eigenvalue weighted by Gasteiger charge is 2.34. The second-order valence-corrected chi connectivity index (χ2v) is 7.81. The minimum Gasteiger partial charge on any atom is -0.463 e. The fraction of sp³-hybridized carbons (Fsp3) is 0.500. The van der Waals surface area contributed by atoms with Gasteiger partial charge in [-0.15, -0.1) is 0 Å². The number of rotatable bonds is 5. The molecule has 3 rings (SSSR count). The van der Waals surface area contributed by atoms with Crippen molar-refractivity contribution in [3.8, 4) is 0 Å². The van der Waals surface area contributed by atoms with Crippen molar-refractivity contribution in [1.29, 1.82) is 0 Å². The second-order valence-electron chi connectivity index (χ2n) is 6.89. The summed E-state index contributed by atoms with van der Waals surface area (Å²) in [6.07, 6.45) is 4.75. The Bertz CT molecular complexity index is 727. The van der Waals surface area contributed by atoms with Crippen LogP contribution in [-0.2, 0) is 9.53 Å². The van der Waals surface area contributed by atoms with Crippen molar-refractivity contribution in [3.05, 3.63) is 45.6 Å². The summed E-state index contributed by atoms with van der Waals surface area (Å²) in [6.45, 7) is 4.58. The van der Waals surface area contributed by atoms with Crippen LogP contribution in [0.5, 0.6) is 0 Å². The summed E-state index contributed by atoms with van der Waals surface area (Å²) in [4.78, 5) is 27.4. The zero-order valence-electron chi connectivity index (χ0n) is 15.6. The average Bonchev–Trinajstić information content (AvgIpc) is 2.90. The largest absolute Gasteiger partial charge is 0.463 e. The SMILES string of the molecule is CCOC(=O)C1=C(CN2CCCCCC2)NC(=O)N[C@H]1c1cccc(Br)c1. The third-order valence-corrected chi connectivity index (χ3v) is 5.40. The molecule has 2 aliphatic rings. The molecule has 0 spiro atoms. The fourth-order valence-electron chi connectivity index (χ4n) is 3.65. The summed E-state index contributed by atoms with van der Waals surface area (Å²) in [5.74, 6) is -0.389. The Hall–Kier alpha value is -1.86. The topological polar surface area (TPSA) is 70.7 Å². The van der Waals surface area contributed by atoms with E-state index >= 15 is 0 Å². The van der Waals surface area contributed by atoms with Gasteiger partial charge in [-0.05, 0) is 50.6 Å². The molecule has 146 valence electrons. The number of carbonyl (C=O) groups excluding carboxylic acids is 2. The van der Waals surface area contributed by atoms with Crippen LogP contribution in [0.15, 0.2) is 40.0 Å². The van der Waals surface area contributed by atoms with Crippen LogP contribution in [0.2, 0.25) is 0 Å². The molecule has 7 heteroatoms. The number of nitrogens with zero attached hydrogens (tertiary/aromatic N) is 1. The molecule has 0 saturated carbocycles. The summed E-state index contributed by atoms with van der Waals surface area (Å²) in [7, 11) is 0. The molecule has 1 atom stereocenters. The molecule has 0 unspecified atom stereocenters. The highest BCUT2D eigenvalue weighted by Crippen LogP contribution is 2.30. The quantitative estimate of drug-likeness (QED) is 0.694. The van der Waals surface area contributed by atoms with Crippen molar-refractivity contribution in [1.82, 2.24) is 15.5 Å². The molecule has 27 heavy (non-hydrogen) atoms. The monoisotopic (exact) mass is 435 g/mol. The second kappa shape index (κ2) is 9.37. The number of halogens is 1. The molecule has 0 bridgehead atoms.